The van der Waals surface area contributed by atoms with Crippen LogP contribution < -0.4 is 5.73 Å². The van der Waals surface area contributed by atoms with Gasteiger partial charge >= 0.3 is 0 Å². The van der Waals surface area contributed by atoms with E-state index in [0.717, 1.165) is 0 Å². The lowest BCUT2D eigenvalue weighted by Crippen LogP contribution is -2.14. The maximum atomic E-state index is 12.5. The number of hydrogen-bond acceptors (Lipinski definition) is 2. The predicted molar refractivity (Wildman–Crippen MR) is 54.7 cm³/mol. The molecule has 2 N–H and O–H groups in total. The first-order valence-corrected chi connectivity index (χ1v) is 4.12. The number of carbonyl (C=O) groups excluding carboxylic acids is 1. The van der Waals surface area contributed by atoms with Crippen LogP contribution in [0.2, 0.25) is 0 Å². The van der Waals surface area contributed by atoms with Crippen molar-refractivity contribution in [2.24, 2.45) is 5.73 Å². The van der Waals surface area contributed by atoms with Gasteiger partial charge in [0.2, 0.25) is 0 Å². The molecule has 0 unspecified atom stereocenters. The number of hydrogen-bond donors (Lipinski definition) is 1. The van der Waals surface area contributed by atoms with Crippen LogP contribution in [0.25, 0.3) is 0 Å². The summed E-state index contributed by atoms with van der Waals surface area (Å²) in [4.78, 5) is 11.1. The number of ketones is 1. The Labute approximate surface area is 89.8 Å². The van der Waals surface area contributed by atoms with E-state index in [-0.39, 0.29) is 30.6 Å². The molecule has 1 aromatic carbocycles. The quantitative estimate of drug-likeness (QED) is 0.835. The molecule has 0 radical (unpaired) electrons. The number of halogens is 3. The lowest BCUT2D eigenvalue weighted by molar-refractivity contribution is 0.100. The summed E-state index contributed by atoms with van der Waals surface area (Å²) in [6.07, 6.45) is 0. The average molecular weight is 269 g/mol. The molecule has 0 fully saturated rings. The Kier molecular flexibility index (Phi) is 5.13. The number of nitrogens with two attached hydrogens (primary N) is 1. The Morgan fingerprint density at radius 3 is 2.62 bits per heavy atom. The Morgan fingerprint density at radius 2 is 2.15 bits per heavy atom. The molecule has 0 aromatic heterocycles. The van der Waals surface area contributed by atoms with E-state index in [0.29, 0.717) is 10.0 Å². The van der Waals surface area contributed by atoms with Gasteiger partial charge in [-0.25, -0.2) is 4.39 Å². The standard InChI is InChI=1S/C8H7BrFNO.ClH/c9-7-3-5(10)1-2-6(7)8(12)4-11;/h1-3H,4,11H2;1H. The molecule has 13 heavy (non-hydrogen) atoms. The maximum absolute atomic E-state index is 12.5. The van der Waals surface area contributed by atoms with Gasteiger partial charge < -0.3 is 5.73 Å². The fourth-order valence-corrected chi connectivity index (χ4v) is 1.40. The van der Waals surface area contributed by atoms with E-state index >= 15 is 0 Å². The molecule has 0 aliphatic carbocycles. The van der Waals surface area contributed by atoms with E-state index in [9.17, 15) is 9.18 Å². The molecule has 2 nitrogen and oxygen atoms in total. The van der Waals surface area contributed by atoms with E-state index in [1.54, 1.807) is 0 Å². The lowest BCUT2D eigenvalue weighted by atomic mass is 10.1. The number of benzene rings is 1. The molecule has 0 saturated heterocycles. The molecule has 0 bridgehead atoms. The highest BCUT2D eigenvalue weighted by Crippen LogP contribution is 2.17. The Bertz CT molecular complexity index is 319. The van der Waals surface area contributed by atoms with E-state index in [4.69, 9.17) is 5.73 Å². The van der Waals surface area contributed by atoms with Crippen molar-refractivity contribution in [2.75, 3.05) is 6.54 Å². The van der Waals surface area contributed by atoms with Gasteiger partial charge in [0.25, 0.3) is 0 Å². The molecule has 1 rings (SSSR count). The van der Waals surface area contributed by atoms with Crippen molar-refractivity contribution in [3.63, 3.8) is 0 Å². The summed E-state index contributed by atoms with van der Waals surface area (Å²) in [6, 6.07) is 3.88. The number of Topliss-reactive ketones (excluding diaryl/α,β-unsaturated/α-hetero) is 1. The Balaban J connectivity index is 0.00000144. The number of rotatable bonds is 2. The van der Waals surface area contributed by atoms with Crippen LogP contribution in [0.1, 0.15) is 10.4 Å². The minimum absolute atomic E-state index is 0. The smallest absolute Gasteiger partial charge is 0.177 e. The summed E-state index contributed by atoms with van der Waals surface area (Å²) in [5.41, 5.74) is 5.56. The van der Waals surface area contributed by atoms with E-state index < -0.39 is 0 Å². The fraction of sp³-hybridized carbons (Fsp3) is 0.125. The van der Waals surface area contributed by atoms with Crippen molar-refractivity contribution in [2.45, 2.75) is 0 Å². The summed E-state index contributed by atoms with van der Waals surface area (Å²) in [7, 11) is 0. The van der Waals surface area contributed by atoms with Crippen LogP contribution in [0.15, 0.2) is 22.7 Å². The highest BCUT2D eigenvalue weighted by molar-refractivity contribution is 9.10. The molecule has 0 aliphatic rings. The Morgan fingerprint density at radius 1 is 1.54 bits per heavy atom. The largest absolute Gasteiger partial charge is 0.324 e. The minimum Gasteiger partial charge on any atom is -0.324 e. The van der Waals surface area contributed by atoms with Crippen molar-refractivity contribution in [3.8, 4) is 0 Å². The maximum Gasteiger partial charge on any atom is 0.177 e. The van der Waals surface area contributed by atoms with Crippen molar-refractivity contribution in [1.29, 1.82) is 0 Å². The summed E-state index contributed by atoms with van der Waals surface area (Å²) in [5.74, 6) is -0.586. The van der Waals surface area contributed by atoms with Gasteiger partial charge in [0.05, 0.1) is 6.54 Å². The second kappa shape index (κ2) is 5.32. The molecule has 0 heterocycles. The average Bonchev–Trinajstić information content (AvgIpc) is 2.03. The summed E-state index contributed by atoms with van der Waals surface area (Å²) < 4.78 is 13.0. The highest BCUT2D eigenvalue weighted by Gasteiger charge is 2.07. The second-order valence-electron chi connectivity index (χ2n) is 2.25. The highest BCUT2D eigenvalue weighted by atomic mass is 79.9. The van der Waals surface area contributed by atoms with E-state index in [2.05, 4.69) is 15.9 Å². The fourth-order valence-electron chi connectivity index (χ4n) is 0.826. The summed E-state index contributed by atoms with van der Waals surface area (Å²) in [6.45, 7) is -0.0652. The van der Waals surface area contributed by atoms with Crippen molar-refractivity contribution in [3.05, 3.63) is 34.1 Å². The van der Waals surface area contributed by atoms with Gasteiger partial charge in [-0.2, -0.15) is 0 Å². The van der Waals surface area contributed by atoms with Crippen LogP contribution in [0, 0.1) is 5.82 Å². The number of carbonyl (C=O) groups is 1. The zero-order valence-corrected chi connectivity index (χ0v) is 8.99. The Hall–Kier alpha value is -0.450. The van der Waals surface area contributed by atoms with Crippen LogP contribution in [0.4, 0.5) is 4.39 Å². The van der Waals surface area contributed by atoms with E-state index in [1.165, 1.54) is 18.2 Å². The van der Waals surface area contributed by atoms with Crippen LogP contribution >= 0.6 is 28.3 Å². The molecule has 72 valence electrons. The van der Waals surface area contributed by atoms with Gasteiger partial charge in [0.15, 0.2) is 5.78 Å². The topological polar surface area (TPSA) is 43.1 Å². The van der Waals surface area contributed by atoms with Crippen LogP contribution in [0.5, 0.6) is 0 Å². The van der Waals surface area contributed by atoms with Gasteiger partial charge in [-0.3, -0.25) is 4.79 Å². The van der Waals surface area contributed by atoms with Crippen LogP contribution in [0.3, 0.4) is 0 Å². The van der Waals surface area contributed by atoms with Gasteiger partial charge in [-0.05, 0) is 34.1 Å². The first-order chi connectivity index (χ1) is 5.65. The minimum atomic E-state index is -0.379. The van der Waals surface area contributed by atoms with Crippen molar-refractivity contribution >= 4 is 34.1 Å². The lowest BCUT2D eigenvalue weighted by Gasteiger charge is -2.00. The predicted octanol–water partition coefficient (Wildman–Crippen LogP) is 2.15. The zero-order chi connectivity index (χ0) is 9.14. The van der Waals surface area contributed by atoms with Crippen LogP contribution in [-0.4, -0.2) is 12.3 Å². The molecular weight excluding hydrogens is 260 g/mol. The molecule has 1 aromatic rings. The molecule has 0 amide bonds. The molecule has 0 saturated carbocycles. The summed E-state index contributed by atoms with van der Waals surface area (Å²) in [5, 5.41) is 0. The third-order valence-electron chi connectivity index (χ3n) is 1.42. The molecule has 5 heteroatoms. The summed E-state index contributed by atoms with van der Waals surface area (Å²) >= 11 is 3.07. The van der Waals surface area contributed by atoms with Gasteiger partial charge in [0, 0.05) is 10.0 Å². The SMILES string of the molecule is Cl.NCC(=O)c1ccc(F)cc1Br. The van der Waals surface area contributed by atoms with Crippen molar-refractivity contribution in [1.82, 2.24) is 0 Å². The zero-order valence-electron chi connectivity index (χ0n) is 6.59. The molecular formula is C8H8BrClFNO. The first-order valence-electron chi connectivity index (χ1n) is 3.33. The molecule has 0 spiro atoms. The first kappa shape index (κ1) is 12.6. The third-order valence-corrected chi connectivity index (χ3v) is 2.07. The molecule has 0 aliphatic heterocycles. The molecule has 0 atom stereocenters. The third kappa shape index (κ3) is 3.06. The van der Waals surface area contributed by atoms with Gasteiger partial charge in [-0.1, -0.05) is 0 Å². The van der Waals surface area contributed by atoms with Crippen molar-refractivity contribution < 1.29 is 9.18 Å². The monoisotopic (exact) mass is 267 g/mol. The van der Waals surface area contributed by atoms with Crippen LogP contribution in [-0.2, 0) is 0 Å². The van der Waals surface area contributed by atoms with Gasteiger partial charge in [-0.15, -0.1) is 12.4 Å². The van der Waals surface area contributed by atoms with Gasteiger partial charge in [0.1, 0.15) is 5.82 Å². The normalized spacial score (nSPS) is 9.15. The second-order valence-corrected chi connectivity index (χ2v) is 3.11. The van der Waals surface area contributed by atoms with E-state index in [1.807, 2.05) is 0 Å².